The number of hydrogen-bond donors (Lipinski definition) is 0. The predicted molar refractivity (Wildman–Crippen MR) is 116 cm³/mol. The molecular weight excluding hydrogens is 422 g/mol. The summed E-state index contributed by atoms with van der Waals surface area (Å²) in [4.78, 5) is 0.135. The van der Waals surface area contributed by atoms with Crippen LogP contribution in [0.15, 0.2) is 53.4 Å². The van der Waals surface area contributed by atoms with Crippen LogP contribution in [0.25, 0.3) is 0 Å². The average Bonchev–Trinajstić information content (AvgIpc) is 3.05. The van der Waals surface area contributed by atoms with E-state index in [4.69, 9.17) is 16.3 Å². The molecule has 0 unspecified atom stereocenters. The van der Waals surface area contributed by atoms with Gasteiger partial charge in [-0.15, -0.1) is 0 Å². The highest BCUT2D eigenvalue weighted by molar-refractivity contribution is 7.89. The van der Waals surface area contributed by atoms with Crippen LogP contribution in [0.3, 0.4) is 0 Å². The highest BCUT2D eigenvalue weighted by Gasteiger charge is 2.32. The number of fused-ring (bicyclic) bond motifs is 1. The Kier molecular flexibility index (Phi) is 5.97. The Labute approximate surface area is 182 Å². The summed E-state index contributed by atoms with van der Waals surface area (Å²) in [6, 6.07) is 14.7. The molecule has 0 N–H and O–H groups in total. The zero-order valence-electron chi connectivity index (χ0n) is 17.0. The van der Waals surface area contributed by atoms with Gasteiger partial charge in [-0.1, -0.05) is 53.6 Å². The van der Waals surface area contributed by atoms with E-state index in [1.165, 1.54) is 9.87 Å². The van der Waals surface area contributed by atoms with Gasteiger partial charge in [-0.25, -0.2) is 8.42 Å². The molecule has 0 bridgehead atoms. The Morgan fingerprint density at radius 1 is 1.10 bits per heavy atom. The molecule has 0 radical (unpaired) electrons. The lowest BCUT2D eigenvalue weighted by molar-refractivity contribution is 0.103. The SMILES string of the molecule is Cc1ccc(COCc2nn(C)c3c2CN(S(=O)(=O)c2ccccc2Cl)CC3)cc1. The van der Waals surface area contributed by atoms with Gasteiger partial charge in [0, 0.05) is 37.8 Å². The van der Waals surface area contributed by atoms with Gasteiger partial charge in [0.2, 0.25) is 10.0 Å². The molecule has 0 aliphatic carbocycles. The van der Waals surface area contributed by atoms with Crippen molar-refractivity contribution in [1.29, 1.82) is 0 Å². The number of rotatable bonds is 6. The number of ether oxygens (including phenoxy) is 1. The Morgan fingerprint density at radius 3 is 2.57 bits per heavy atom. The first-order valence-electron chi connectivity index (χ1n) is 9.78. The summed E-state index contributed by atoms with van der Waals surface area (Å²) in [5.41, 5.74) is 5.04. The second-order valence-corrected chi connectivity index (χ2v) is 9.81. The minimum absolute atomic E-state index is 0.135. The van der Waals surface area contributed by atoms with E-state index in [2.05, 4.69) is 17.2 Å². The van der Waals surface area contributed by atoms with Crippen LogP contribution in [0.2, 0.25) is 5.02 Å². The molecule has 0 amide bonds. The molecular formula is C22H24ClN3O3S. The van der Waals surface area contributed by atoms with E-state index in [0.29, 0.717) is 26.2 Å². The van der Waals surface area contributed by atoms with Crippen molar-refractivity contribution in [2.75, 3.05) is 6.54 Å². The maximum Gasteiger partial charge on any atom is 0.244 e. The average molecular weight is 446 g/mol. The summed E-state index contributed by atoms with van der Waals surface area (Å²) in [5.74, 6) is 0. The van der Waals surface area contributed by atoms with Crippen molar-refractivity contribution in [3.8, 4) is 0 Å². The fourth-order valence-electron chi connectivity index (χ4n) is 3.71. The number of aryl methyl sites for hydroxylation is 2. The number of aromatic nitrogens is 2. The minimum atomic E-state index is -3.69. The molecule has 158 valence electrons. The number of halogens is 1. The molecule has 2 heterocycles. The standard InChI is InChI=1S/C22H24ClN3O3S/c1-16-7-9-17(10-8-16)14-29-15-20-18-13-26(12-11-21(18)25(2)24-20)30(27,28)22-6-4-3-5-19(22)23/h3-10H,11-15H2,1-2H3. The third kappa shape index (κ3) is 4.16. The Balaban J connectivity index is 1.51. The molecule has 8 heteroatoms. The van der Waals surface area contributed by atoms with Gasteiger partial charge in [-0.05, 0) is 24.6 Å². The molecule has 6 nitrogen and oxygen atoms in total. The van der Waals surface area contributed by atoms with Gasteiger partial charge in [-0.3, -0.25) is 4.68 Å². The fraction of sp³-hybridized carbons (Fsp3) is 0.318. The van der Waals surface area contributed by atoms with Gasteiger partial charge >= 0.3 is 0 Å². The molecule has 0 atom stereocenters. The number of hydrogen-bond acceptors (Lipinski definition) is 4. The van der Waals surface area contributed by atoms with Crippen molar-refractivity contribution in [3.05, 3.63) is 81.6 Å². The summed E-state index contributed by atoms with van der Waals surface area (Å²) in [5, 5.41) is 4.82. The minimum Gasteiger partial charge on any atom is -0.370 e. The summed E-state index contributed by atoms with van der Waals surface area (Å²) in [6.07, 6.45) is 0.598. The van der Waals surface area contributed by atoms with Gasteiger partial charge in [0.05, 0.1) is 23.9 Å². The largest absolute Gasteiger partial charge is 0.370 e. The van der Waals surface area contributed by atoms with Crippen molar-refractivity contribution >= 4 is 21.6 Å². The molecule has 4 rings (SSSR count). The predicted octanol–water partition coefficient (Wildman–Crippen LogP) is 3.85. The van der Waals surface area contributed by atoms with Crippen LogP contribution in [0.1, 0.15) is 28.1 Å². The van der Waals surface area contributed by atoms with Crippen LogP contribution in [-0.2, 0) is 48.0 Å². The van der Waals surface area contributed by atoms with Crippen molar-refractivity contribution < 1.29 is 13.2 Å². The topological polar surface area (TPSA) is 64.4 Å². The number of nitrogens with zero attached hydrogens (tertiary/aromatic N) is 3. The van der Waals surface area contributed by atoms with E-state index >= 15 is 0 Å². The normalized spacial score (nSPS) is 14.6. The summed E-state index contributed by atoms with van der Waals surface area (Å²) < 4.78 is 35.5. The van der Waals surface area contributed by atoms with Crippen molar-refractivity contribution in [2.24, 2.45) is 7.05 Å². The quantitative estimate of drug-likeness (QED) is 0.578. The van der Waals surface area contributed by atoms with Gasteiger partial charge in [0.15, 0.2) is 0 Å². The molecule has 1 aromatic heterocycles. The maximum absolute atomic E-state index is 13.1. The van der Waals surface area contributed by atoms with Gasteiger partial charge in [0.1, 0.15) is 4.90 Å². The molecule has 0 fully saturated rings. The van der Waals surface area contributed by atoms with Gasteiger partial charge < -0.3 is 4.74 Å². The fourth-order valence-corrected chi connectivity index (χ4v) is 5.61. The lowest BCUT2D eigenvalue weighted by Gasteiger charge is -2.27. The lowest BCUT2D eigenvalue weighted by Crippen LogP contribution is -2.36. The van der Waals surface area contributed by atoms with Crippen molar-refractivity contribution in [3.63, 3.8) is 0 Å². The van der Waals surface area contributed by atoms with Gasteiger partial charge in [-0.2, -0.15) is 9.40 Å². The Hall–Kier alpha value is -2.19. The second-order valence-electron chi connectivity index (χ2n) is 7.49. The van der Waals surface area contributed by atoms with E-state index in [9.17, 15) is 8.42 Å². The maximum atomic E-state index is 13.1. The third-order valence-corrected chi connectivity index (χ3v) is 7.72. The monoisotopic (exact) mass is 445 g/mol. The van der Waals surface area contributed by atoms with Crippen LogP contribution in [0.4, 0.5) is 0 Å². The third-order valence-electron chi connectivity index (χ3n) is 5.37. The molecule has 0 saturated heterocycles. The highest BCUT2D eigenvalue weighted by Crippen LogP contribution is 2.30. The molecule has 2 aromatic carbocycles. The van der Waals surface area contributed by atoms with Crippen LogP contribution in [-0.4, -0.2) is 29.0 Å². The Bertz CT molecular complexity index is 1160. The number of benzene rings is 2. The van der Waals surface area contributed by atoms with E-state index < -0.39 is 10.0 Å². The van der Waals surface area contributed by atoms with E-state index in [0.717, 1.165) is 22.5 Å². The summed E-state index contributed by atoms with van der Waals surface area (Å²) in [7, 11) is -1.80. The van der Waals surface area contributed by atoms with E-state index in [1.54, 1.807) is 24.3 Å². The van der Waals surface area contributed by atoms with Crippen LogP contribution < -0.4 is 0 Å². The summed E-state index contributed by atoms with van der Waals surface area (Å²) in [6.45, 7) is 3.52. The van der Waals surface area contributed by atoms with Crippen LogP contribution >= 0.6 is 11.6 Å². The van der Waals surface area contributed by atoms with E-state index in [-0.39, 0.29) is 16.5 Å². The second kappa shape index (κ2) is 8.51. The number of sulfonamides is 1. The highest BCUT2D eigenvalue weighted by atomic mass is 35.5. The van der Waals surface area contributed by atoms with Crippen LogP contribution in [0, 0.1) is 6.92 Å². The van der Waals surface area contributed by atoms with E-state index in [1.807, 2.05) is 30.8 Å². The molecule has 1 aliphatic rings. The summed E-state index contributed by atoms with van der Waals surface area (Å²) >= 11 is 6.16. The van der Waals surface area contributed by atoms with Gasteiger partial charge in [0.25, 0.3) is 0 Å². The molecule has 0 spiro atoms. The first-order valence-corrected chi connectivity index (χ1v) is 11.6. The van der Waals surface area contributed by atoms with Crippen LogP contribution in [0.5, 0.6) is 0 Å². The van der Waals surface area contributed by atoms with Crippen molar-refractivity contribution in [1.82, 2.24) is 14.1 Å². The molecule has 0 saturated carbocycles. The molecule has 30 heavy (non-hydrogen) atoms. The molecule has 3 aromatic rings. The zero-order chi connectivity index (χ0) is 21.3. The first-order chi connectivity index (χ1) is 14.4. The van der Waals surface area contributed by atoms with Crippen molar-refractivity contribution in [2.45, 2.75) is 38.0 Å². The Morgan fingerprint density at radius 2 is 1.83 bits per heavy atom. The molecule has 1 aliphatic heterocycles. The first kappa shape index (κ1) is 21.1. The smallest absolute Gasteiger partial charge is 0.244 e. The zero-order valence-corrected chi connectivity index (χ0v) is 18.6. The lowest BCUT2D eigenvalue weighted by atomic mass is 10.1.